The van der Waals surface area contributed by atoms with E-state index < -0.39 is 11.9 Å². The van der Waals surface area contributed by atoms with Gasteiger partial charge in [-0.05, 0) is 31.4 Å². The van der Waals surface area contributed by atoms with E-state index in [0.29, 0.717) is 18.9 Å². The molecule has 0 bridgehead atoms. The lowest BCUT2D eigenvalue weighted by Crippen LogP contribution is -2.36. The SMILES string of the molecule is FC(F)(F)c1cccc(N2CCCC(c3nnc4n3CCC4)C2)n1. The van der Waals surface area contributed by atoms with Gasteiger partial charge in [-0.1, -0.05) is 6.07 Å². The predicted octanol–water partition coefficient (Wildman–Crippen LogP) is 3.02. The van der Waals surface area contributed by atoms with Gasteiger partial charge in [-0.3, -0.25) is 0 Å². The molecule has 1 saturated heterocycles. The van der Waals surface area contributed by atoms with Crippen LogP contribution in [-0.4, -0.2) is 32.8 Å². The second-order valence-electron chi connectivity index (χ2n) is 6.39. The number of rotatable bonds is 2. The lowest BCUT2D eigenvalue weighted by Gasteiger charge is -2.33. The first-order valence-electron chi connectivity index (χ1n) is 8.23. The second kappa shape index (κ2) is 5.75. The number of nitrogens with zero attached hydrogens (tertiary/aromatic N) is 5. The second-order valence-corrected chi connectivity index (χ2v) is 6.39. The van der Waals surface area contributed by atoms with Crippen LogP contribution >= 0.6 is 0 Å². The van der Waals surface area contributed by atoms with Crippen LogP contribution in [0.2, 0.25) is 0 Å². The number of halogens is 3. The Morgan fingerprint density at radius 1 is 1.08 bits per heavy atom. The Hall–Kier alpha value is -2.12. The summed E-state index contributed by atoms with van der Waals surface area (Å²) in [5.74, 6) is 2.57. The van der Waals surface area contributed by atoms with E-state index in [2.05, 4.69) is 19.7 Å². The molecule has 1 atom stereocenters. The van der Waals surface area contributed by atoms with Crippen LogP contribution < -0.4 is 4.90 Å². The van der Waals surface area contributed by atoms with E-state index in [-0.39, 0.29) is 5.92 Å². The van der Waals surface area contributed by atoms with Crippen molar-refractivity contribution >= 4 is 5.82 Å². The molecule has 0 aromatic carbocycles. The molecule has 4 heterocycles. The van der Waals surface area contributed by atoms with Crippen molar-refractivity contribution in [2.75, 3.05) is 18.0 Å². The Balaban J connectivity index is 1.57. The van der Waals surface area contributed by atoms with Gasteiger partial charge in [-0.15, -0.1) is 10.2 Å². The van der Waals surface area contributed by atoms with Crippen molar-refractivity contribution in [1.82, 2.24) is 19.7 Å². The highest BCUT2D eigenvalue weighted by molar-refractivity contribution is 5.41. The predicted molar refractivity (Wildman–Crippen MR) is 81.8 cm³/mol. The molecule has 2 aliphatic heterocycles. The lowest BCUT2D eigenvalue weighted by molar-refractivity contribution is -0.141. The number of hydrogen-bond donors (Lipinski definition) is 0. The van der Waals surface area contributed by atoms with Crippen LogP contribution in [0.15, 0.2) is 18.2 Å². The molecule has 1 unspecified atom stereocenters. The van der Waals surface area contributed by atoms with Crippen LogP contribution in [0.3, 0.4) is 0 Å². The van der Waals surface area contributed by atoms with Crippen molar-refractivity contribution in [2.45, 2.75) is 44.3 Å². The molecule has 0 spiro atoms. The van der Waals surface area contributed by atoms with E-state index in [1.54, 1.807) is 6.07 Å². The molecular formula is C16H18F3N5. The minimum Gasteiger partial charge on any atom is -0.356 e. The molecular weight excluding hydrogens is 319 g/mol. The highest BCUT2D eigenvalue weighted by atomic mass is 19.4. The highest BCUT2D eigenvalue weighted by Crippen LogP contribution is 2.32. The van der Waals surface area contributed by atoms with Gasteiger partial charge in [0.25, 0.3) is 0 Å². The molecule has 0 N–H and O–H groups in total. The van der Waals surface area contributed by atoms with E-state index in [1.807, 2.05) is 4.90 Å². The van der Waals surface area contributed by atoms with Gasteiger partial charge in [0.1, 0.15) is 23.2 Å². The van der Waals surface area contributed by atoms with Gasteiger partial charge in [-0.2, -0.15) is 13.2 Å². The van der Waals surface area contributed by atoms with E-state index in [1.165, 1.54) is 6.07 Å². The van der Waals surface area contributed by atoms with Crippen molar-refractivity contribution in [1.29, 1.82) is 0 Å². The summed E-state index contributed by atoms with van der Waals surface area (Å²) < 4.78 is 40.8. The summed E-state index contributed by atoms with van der Waals surface area (Å²) in [7, 11) is 0. The van der Waals surface area contributed by atoms with E-state index in [9.17, 15) is 13.2 Å². The molecule has 0 saturated carbocycles. The highest BCUT2D eigenvalue weighted by Gasteiger charge is 2.34. The fourth-order valence-corrected chi connectivity index (χ4v) is 3.63. The quantitative estimate of drug-likeness (QED) is 0.845. The van der Waals surface area contributed by atoms with Crippen LogP contribution in [0.25, 0.3) is 0 Å². The summed E-state index contributed by atoms with van der Waals surface area (Å²) in [6.45, 7) is 2.29. The fraction of sp³-hybridized carbons (Fsp3) is 0.562. The van der Waals surface area contributed by atoms with Crippen LogP contribution in [0.4, 0.5) is 19.0 Å². The third-order valence-electron chi connectivity index (χ3n) is 4.77. The van der Waals surface area contributed by atoms with Crippen molar-refractivity contribution in [2.24, 2.45) is 0 Å². The number of anilines is 1. The zero-order valence-corrected chi connectivity index (χ0v) is 13.1. The molecule has 8 heteroatoms. The maximum atomic E-state index is 12.9. The first-order valence-corrected chi connectivity index (χ1v) is 8.23. The van der Waals surface area contributed by atoms with Crippen LogP contribution in [0, 0.1) is 0 Å². The Labute approximate surface area is 137 Å². The summed E-state index contributed by atoms with van der Waals surface area (Å²) >= 11 is 0. The number of pyridine rings is 1. The van der Waals surface area contributed by atoms with Gasteiger partial charge < -0.3 is 9.47 Å². The zero-order chi connectivity index (χ0) is 16.7. The van der Waals surface area contributed by atoms with E-state index in [4.69, 9.17) is 0 Å². The Kier molecular flexibility index (Phi) is 3.69. The number of hydrogen-bond acceptors (Lipinski definition) is 4. The summed E-state index contributed by atoms with van der Waals surface area (Å²) in [5, 5.41) is 8.58. The minimum absolute atomic E-state index is 0.189. The number of aryl methyl sites for hydroxylation is 1. The standard InChI is InChI=1S/C16H18F3N5/c17-16(18,19)12-5-1-6-13(20-12)23-8-2-4-11(10-23)15-22-21-14-7-3-9-24(14)15/h1,5-6,11H,2-4,7-10H2. The summed E-state index contributed by atoms with van der Waals surface area (Å²) in [6, 6.07) is 4.08. The van der Waals surface area contributed by atoms with Gasteiger partial charge >= 0.3 is 6.18 Å². The number of piperidine rings is 1. The third-order valence-corrected chi connectivity index (χ3v) is 4.77. The van der Waals surface area contributed by atoms with Crippen molar-refractivity contribution in [3.05, 3.63) is 35.5 Å². The van der Waals surface area contributed by atoms with Gasteiger partial charge in [0.15, 0.2) is 0 Å². The molecule has 1 fully saturated rings. The average molecular weight is 337 g/mol. The molecule has 0 amide bonds. The van der Waals surface area contributed by atoms with Gasteiger partial charge in [0.2, 0.25) is 0 Å². The van der Waals surface area contributed by atoms with Crippen LogP contribution in [0.1, 0.15) is 42.5 Å². The first-order chi connectivity index (χ1) is 11.5. The molecule has 2 aliphatic rings. The van der Waals surface area contributed by atoms with Crippen molar-refractivity contribution < 1.29 is 13.2 Å². The molecule has 24 heavy (non-hydrogen) atoms. The molecule has 2 aromatic heterocycles. The van der Waals surface area contributed by atoms with Crippen molar-refractivity contribution in [3.8, 4) is 0 Å². The summed E-state index contributed by atoms with van der Waals surface area (Å²) in [6.07, 6.45) is -0.487. The van der Waals surface area contributed by atoms with E-state index in [0.717, 1.165) is 49.9 Å². The minimum atomic E-state index is -4.42. The lowest BCUT2D eigenvalue weighted by atomic mass is 9.97. The van der Waals surface area contributed by atoms with Crippen LogP contribution in [0.5, 0.6) is 0 Å². The summed E-state index contributed by atoms with van der Waals surface area (Å²) in [5.41, 5.74) is -0.842. The molecule has 2 aromatic rings. The monoisotopic (exact) mass is 337 g/mol. The Bertz CT molecular complexity index is 740. The normalized spacial score (nSPS) is 21.1. The zero-order valence-electron chi connectivity index (χ0n) is 13.1. The number of aromatic nitrogens is 4. The average Bonchev–Trinajstić information content (AvgIpc) is 3.17. The number of alkyl halides is 3. The molecule has 5 nitrogen and oxygen atoms in total. The van der Waals surface area contributed by atoms with Gasteiger partial charge in [-0.25, -0.2) is 4.98 Å². The number of fused-ring (bicyclic) bond motifs is 1. The third kappa shape index (κ3) is 2.74. The smallest absolute Gasteiger partial charge is 0.356 e. The van der Waals surface area contributed by atoms with E-state index >= 15 is 0 Å². The Morgan fingerprint density at radius 2 is 1.96 bits per heavy atom. The molecule has 0 aliphatic carbocycles. The van der Waals surface area contributed by atoms with Crippen LogP contribution in [-0.2, 0) is 19.1 Å². The molecule has 0 radical (unpaired) electrons. The van der Waals surface area contributed by atoms with Crippen molar-refractivity contribution in [3.63, 3.8) is 0 Å². The fourth-order valence-electron chi connectivity index (χ4n) is 3.63. The molecule has 128 valence electrons. The maximum absolute atomic E-state index is 12.9. The molecule has 4 rings (SSSR count). The Morgan fingerprint density at radius 3 is 2.79 bits per heavy atom. The largest absolute Gasteiger partial charge is 0.433 e. The topological polar surface area (TPSA) is 46.8 Å². The first kappa shape index (κ1) is 15.4. The van der Waals surface area contributed by atoms with Gasteiger partial charge in [0.05, 0.1) is 0 Å². The maximum Gasteiger partial charge on any atom is 0.433 e. The summed E-state index contributed by atoms with van der Waals surface area (Å²) in [4.78, 5) is 5.74. The van der Waals surface area contributed by atoms with Gasteiger partial charge in [0, 0.05) is 32.0 Å².